The first-order chi connectivity index (χ1) is 11.5. The summed E-state index contributed by atoms with van der Waals surface area (Å²) in [5.41, 5.74) is 2.71. The summed E-state index contributed by atoms with van der Waals surface area (Å²) < 4.78 is 11.2. The Labute approximate surface area is 146 Å². The van der Waals surface area contributed by atoms with Crippen LogP contribution in [0.1, 0.15) is 39.2 Å². The number of nitrogens with zero attached hydrogens (tertiary/aromatic N) is 2. The van der Waals surface area contributed by atoms with Crippen molar-refractivity contribution in [1.29, 1.82) is 0 Å². The molecule has 1 aromatic carbocycles. The molecule has 0 bridgehead atoms. The van der Waals surface area contributed by atoms with Gasteiger partial charge in [0.15, 0.2) is 0 Å². The molecule has 0 radical (unpaired) electrons. The highest BCUT2D eigenvalue weighted by molar-refractivity contribution is 5.60. The molecule has 2 heterocycles. The van der Waals surface area contributed by atoms with Gasteiger partial charge in [0.25, 0.3) is 0 Å². The van der Waals surface area contributed by atoms with E-state index in [1.54, 1.807) is 7.11 Å². The molecule has 24 heavy (non-hydrogen) atoms. The maximum Gasteiger partial charge on any atom is 0.142 e. The number of methoxy groups -OCH3 is 1. The van der Waals surface area contributed by atoms with Gasteiger partial charge in [-0.05, 0) is 36.0 Å². The Morgan fingerprint density at radius 3 is 2.29 bits per heavy atom. The van der Waals surface area contributed by atoms with Crippen LogP contribution < -0.4 is 9.64 Å². The average molecular weight is 332 g/mol. The fraction of sp³-hybridized carbons (Fsp3) is 0.700. The van der Waals surface area contributed by atoms with Crippen molar-refractivity contribution in [3.63, 3.8) is 0 Å². The Bertz CT molecular complexity index is 539. The fourth-order valence-electron chi connectivity index (χ4n) is 3.82. The molecule has 134 valence electrons. The normalized spacial score (nSPS) is 21.1. The molecule has 4 heteroatoms. The summed E-state index contributed by atoms with van der Waals surface area (Å²) >= 11 is 0. The lowest BCUT2D eigenvalue weighted by atomic mass is 9.86. The second-order valence-electron chi connectivity index (χ2n) is 8.00. The van der Waals surface area contributed by atoms with Crippen LogP contribution in [0.4, 0.5) is 5.69 Å². The molecule has 0 unspecified atom stereocenters. The SMILES string of the molecule is COc1cc(C(C)(C)C)ccc1N1CCC(N2CCOCC2)CC1. The predicted octanol–water partition coefficient (Wildman–Crippen LogP) is 3.29. The lowest BCUT2D eigenvalue weighted by Crippen LogP contribution is -2.49. The van der Waals surface area contributed by atoms with Crippen molar-refractivity contribution >= 4 is 5.69 Å². The smallest absolute Gasteiger partial charge is 0.142 e. The van der Waals surface area contributed by atoms with Crippen LogP contribution in [0.2, 0.25) is 0 Å². The maximum atomic E-state index is 5.71. The van der Waals surface area contributed by atoms with Gasteiger partial charge in [-0.1, -0.05) is 26.8 Å². The second kappa shape index (κ2) is 7.32. The summed E-state index contributed by atoms with van der Waals surface area (Å²) in [5.74, 6) is 1.01. The highest BCUT2D eigenvalue weighted by Crippen LogP contribution is 2.35. The van der Waals surface area contributed by atoms with Gasteiger partial charge in [0, 0.05) is 32.2 Å². The largest absolute Gasteiger partial charge is 0.495 e. The van der Waals surface area contributed by atoms with Gasteiger partial charge < -0.3 is 14.4 Å². The molecular formula is C20H32N2O2. The van der Waals surface area contributed by atoms with E-state index in [1.165, 1.54) is 24.1 Å². The zero-order valence-electron chi connectivity index (χ0n) is 15.7. The number of rotatable bonds is 3. The van der Waals surface area contributed by atoms with Gasteiger partial charge in [-0.3, -0.25) is 4.90 Å². The molecule has 3 rings (SSSR count). The van der Waals surface area contributed by atoms with Crippen LogP contribution in [-0.2, 0) is 10.2 Å². The Hall–Kier alpha value is -1.26. The monoisotopic (exact) mass is 332 g/mol. The molecule has 0 atom stereocenters. The van der Waals surface area contributed by atoms with E-state index in [2.05, 4.69) is 48.8 Å². The minimum atomic E-state index is 0.148. The molecule has 2 aliphatic heterocycles. The van der Waals surface area contributed by atoms with Gasteiger partial charge in [0.2, 0.25) is 0 Å². The van der Waals surface area contributed by atoms with Crippen molar-refractivity contribution in [1.82, 2.24) is 4.90 Å². The lowest BCUT2D eigenvalue weighted by Gasteiger charge is -2.41. The van der Waals surface area contributed by atoms with Crippen LogP contribution in [0.3, 0.4) is 0 Å². The van der Waals surface area contributed by atoms with Crippen molar-refractivity contribution in [3.8, 4) is 5.75 Å². The van der Waals surface area contributed by atoms with Gasteiger partial charge in [-0.25, -0.2) is 0 Å². The number of anilines is 1. The molecule has 2 saturated heterocycles. The number of morpholine rings is 1. The van der Waals surface area contributed by atoms with E-state index in [0.717, 1.165) is 45.1 Å². The summed E-state index contributed by atoms with van der Waals surface area (Å²) in [6, 6.07) is 7.43. The van der Waals surface area contributed by atoms with Crippen LogP contribution in [0.15, 0.2) is 18.2 Å². The number of hydrogen-bond acceptors (Lipinski definition) is 4. The number of benzene rings is 1. The molecule has 0 aliphatic carbocycles. The van der Waals surface area contributed by atoms with Crippen LogP contribution in [0, 0.1) is 0 Å². The second-order valence-corrected chi connectivity index (χ2v) is 8.00. The summed E-state index contributed by atoms with van der Waals surface area (Å²) in [7, 11) is 1.78. The number of piperidine rings is 1. The van der Waals surface area contributed by atoms with Crippen molar-refractivity contribution in [3.05, 3.63) is 23.8 Å². The van der Waals surface area contributed by atoms with Gasteiger partial charge in [0.1, 0.15) is 5.75 Å². The van der Waals surface area contributed by atoms with Crippen molar-refractivity contribution in [2.75, 3.05) is 51.4 Å². The predicted molar refractivity (Wildman–Crippen MR) is 99.3 cm³/mol. The molecule has 0 amide bonds. The Kier molecular flexibility index (Phi) is 5.36. The number of ether oxygens (including phenoxy) is 2. The molecule has 0 aromatic heterocycles. The molecule has 1 aromatic rings. The summed E-state index contributed by atoms with van der Waals surface area (Å²) in [5, 5.41) is 0. The third-order valence-electron chi connectivity index (χ3n) is 5.41. The highest BCUT2D eigenvalue weighted by atomic mass is 16.5. The molecule has 0 spiro atoms. The van der Waals surface area contributed by atoms with E-state index in [4.69, 9.17) is 9.47 Å². The first kappa shape index (κ1) is 17.6. The maximum absolute atomic E-state index is 5.71. The van der Waals surface area contributed by atoms with E-state index in [9.17, 15) is 0 Å². The molecule has 0 saturated carbocycles. The van der Waals surface area contributed by atoms with E-state index in [1.807, 2.05) is 0 Å². The summed E-state index contributed by atoms with van der Waals surface area (Å²) in [4.78, 5) is 5.10. The van der Waals surface area contributed by atoms with Crippen molar-refractivity contribution in [2.45, 2.75) is 45.1 Å². The van der Waals surface area contributed by atoms with E-state index >= 15 is 0 Å². The van der Waals surface area contributed by atoms with Crippen LogP contribution in [-0.4, -0.2) is 57.4 Å². The van der Waals surface area contributed by atoms with Crippen molar-refractivity contribution in [2.24, 2.45) is 0 Å². The van der Waals surface area contributed by atoms with Crippen molar-refractivity contribution < 1.29 is 9.47 Å². The molecule has 2 aliphatic rings. The van der Waals surface area contributed by atoms with E-state index < -0.39 is 0 Å². The Morgan fingerprint density at radius 1 is 1.04 bits per heavy atom. The first-order valence-electron chi connectivity index (χ1n) is 9.24. The third-order valence-corrected chi connectivity index (χ3v) is 5.41. The van der Waals surface area contributed by atoms with Gasteiger partial charge >= 0.3 is 0 Å². The molecular weight excluding hydrogens is 300 g/mol. The highest BCUT2D eigenvalue weighted by Gasteiger charge is 2.27. The van der Waals surface area contributed by atoms with Gasteiger partial charge in [-0.15, -0.1) is 0 Å². The minimum absolute atomic E-state index is 0.148. The number of hydrogen-bond donors (Lipinski definition) is 0. The zero-order chi connectivity index (χ0) is 17.2. The Balaban J connectivity index is 1.67. The quantitative estimate of drug-likeness (QED) is 0.848. The zero-order valence-corrected chi connectivity index (χ0v) is 15.7. The van der Waals surface area contributed by atoms with E-state index in [-0.39, 0.29) is 5.41 Å². The minimum Gasteiger partial charge on any atom is -0.495 e. The topological polar surface area (TPSA) is 24.9 Å². The van der Waals surface area contributed by atoms with E-state index in [0.29, 0.717) is 6.04 Å². The van der Waals surface area contributed by atoms with Gasteiger partial charge in [0.05, 0.1) is 26.0 Å². The van der Waals surface area contributed by atoms with Crippen LogP contribution >= 0.6 is 0 Å². The average Bonchev–Trinajstić information content (AvgIpc) is 2.61. The first-order valence-corrected chi connectivity index (χ1v) is 9.24. The van der Waals surface area contributed by atoms with Crippen LogP contribution in [0.25, 0.3) is 0 Å². The fourth-order valence-corrected chi connectivity index (χ4v) is 3.82. The molecule has 4 nitrogen and oxygen atoms in total. The Morgan fingerprint density at radius 2 is 1.71 bits per heavy atom. The summed E-state index contributed by atoms with van der Waals surface area (Å²) in [6.45, 7) is 12.9. The summed E-state index contributed by atoms with van der Waals surface area (Å²) in [6.07, 6.45) is 2.45. The van der Waals surface area contributed by atoms with Crippen LogP contribution in [0.5, 0.6) is 5.75 Å². The molecule has 2 fully saturated rings. The molecule has 0 N–H and O–H groups in total. The third kappa shape index (κ3) is 3.86. The lowest BCUT2D eigenvalue weighted by molar-refractivity contribution is 0.0115. The van der Waals surface area contributed by atoms with Gasteiger partial charge in [-0.2, -0.15) is 0 Å². The standard InChI is InChI=1S/C20H32N2O2/c1-20(2,3)16-5-6-18(19(15-16)23-4)22-9-7-17(8-10-22)21-11-13-24-14-12-21/h5-6,15,17H,7-14H2,1-4H3.